The summed E-state index contributed by atoms with van der Waals surface area (Å²) in [4.78, 5) is 64.4. The van der Waals surface area contributed by atoms with Crippen molar-refractivity contribution in [1.82, 2.24) is 19.5 Å². The molecule has 12 nitrogen and oxygen atoms in total. The van der Waals surface area contributed by atoms with Crippen molar-refractivity contribution in [3.8, 4) is 22.8 Å². The highest BCUT2D eigenvalue weighted by Crippen LogP contribution is 2.57. The predicted octanol–water partition coefficient (Wildman–Crippen LogP) is 5.52. The van der Waals surface area contributed by atoms with Crippen molar-refractivity contribution in [1.29, 1.82) is 0 Å². The zero-order valence-electron chi connectivity index (χ0n) is 32.2. The molecule has 2 saturated carbocycles. The molecule has 1 aromatic heterocycles. The van der Waals surface area contributed by atoms with E-state index in [1.54, 1.807) is 18.1 Å². The molecule has 3 aromatic rings. The van der Waals surface area contributed by atoms with Crippen molar-refractivity contribution in [2.75, 3.05) is 26.7 Å². The molecule has 0 radical (unpaired) electrons. The zero-order valence-corrected chi connectivity index (χ0v) is 33.8. The highest BCUT2D eigenvalue weighted by atomic mass is 35.5. The number of aromatic nitrogens is 1. The van der Waals surface area contributed by atoms with Crippen LogP contribution in [0.5, 0.6) is 11.5 Å². The Kier molecular flexibility index (Phi) is 10.7. The van der Waals surface area contributed by atoms with E-state index in [-0.39, 0.29) is 55.2 Å². The fraction of sp³-hybridized carbons (Fsp3) is 0.500. The first-order valence-corrected chi connectivity index (χ1v) is 21.2. The molecule has 3 heterocycles. The first-order chi connectivity index (χ1) is 26.5. The van der Waals surface area contributed by atoms with Crippen molar-refractivity contribution in [2.45, 2.75) is 82.1 Å². The smallest absolute Gasteiger partial charge is 0.240 e. The number of carbonyl (C=O) groups is 4. The van der Waals surface area contributed by atoms with Crippen LogP contribution in [-0.4, -0.2) is 96.2 Å². The van der Waals surface area contributed by atoms with Crippen LogP contribution in [0.25, 0.3) is 22.2 Å². The Balaban J connectivity index is 1.21. The number of nitrogens with one attached hydrogen (secondary N) is 1. The van der Waals surface area contributed by atoms with Crippen molar-refractivity contribution < 1.29 is 37.1 Å². The maximum Gasteiger partial charge on any atom is 0.240 e. The molecule has 3 amide bonds. The normalized spacial score (nSPS) is 24.3. The number of sulfonamides is 1. The molecule has 2 aromatic carbocycles. The number of nitrogens with zero attached hydrogens (tertiary/aromatic N) is 3. The van der Waals surface area contributed by atoms with Crippen LogP contribution in [0.3, 0.4) is 0 Å². The second-order valence-corrected chi connectivity index (χ2v) is 19.4. The summed E-state index contributed by atoms with van der Waals surface area (Å²) in [6.07, 6.45) is 1.93. The highest BCUT2D eigenvalue weighted by Gasteiger charge is 2.61. The van der Waals surface area contributed by atoms with Crippen LogP contribution in [0.2, 0.25) is 0 Å². The topological polar surface area (TPSA) is 152 Å². The first-order valence-electron chi connectivity index (χ1n) is 19.2. The maximum atomic E-state index is 14.8. The minimum atomic E-state index is -3.86. The number of hydrogen-bond donors (Lipinski definition) is 1. The lowest BCUT2D eigenvalue weighted by Gasteiger charge is -2.39. The van der Waals surface area contributed by atoms with Gasteiger partial charge in [0.25, 0.3) is 0 Å². The van der Waals surface area contributed by atoms with Gasteiger partial charge in [0.1, 0.15) is 17.6 Å². The molecule has 0 unspecified atom stereocenters. The Morgan fingerprint density at radius 1 is 1.07 bits per heavy atom. The van der Waals surface area contributed by atoms with Crippen LogP contribution in [0, 0.1) is 22.7 Å². The number of carbonyl (C=O) groups excluding carboxylic acids is 4. The summed E-state index contributed by atoms with van der Waals surface area (Å²) in [5.74, 6) is -1.70. The van der Waals surface area contributed by atoms with Gasteiger partial charge >= 0.3 is 0 Å². The second kappa shape index (κ2) is 15.1. The Labute approximate surface area is 333 Å². The van der Waals surface area contributed by atoms with Crippen LogP contribution in [0.15, 0.2) is 67.3 Å². The molecule has 1 N–H and O–H groups in total. The van der Waals surface area contributed by atoms with E-state index in [4.69, 9.17) is 26.1 Å². The van der Waals surface area contributed by atoms with E-state index >= 15 is 0 Å². The average Bonchev–Trinajstić information content (AvgIpc) is 4.08. The fourth-order valence-corrected chi connectivity index (χ4v) is 9.69. The van der Waals surface area contributed by atoms with Gasteiger partial charge in [0.05, 0.1) is 52.9 Å². The Morgan fingerprint density at radius 2 is 1.79 bits per heavy atom. The van der Waals surface area contributed by atoms with Gasteiger partial charge in [-0.3, -0.25) is 23.9 Å². The molecule has 298 valence electrons. The number of likely N-dealkylation sites (tertiary alicyclic amines) is 2. The van der Waals surface area contributed by atoms with E-state index in [0.29, 0.717) is 54.0 Å². The molecule has 4 aliphatic rings. The number of fused-ring (bicyclic) bond motifs is 1. The summed E-state index contributed by atoms with van der Waals surface area (Å²) in [5.41, 5.74) is 0.211. The largest absolute Gasteiger partial charge is 0.497 e. The molecule has 5 atom stereocenters. The number of Topliss-reactive ketones (excluding diaryl/α,β-unsaturated/α-hetero) is 1. The molecule has 56 heavy (non-hydrogen) atoms. The predicted molar refractivity (Wildman–Crippen MR) is 212 cm³/mol. The number of benzene rings is 2. The molecule has 2 aliphatic heterocycles. The highest BCUT2D eigenvalue weighted by molar-refractivity contribution is 7.90. The fourth-order valence-electron chi connectivity index (χ4n) is 7.97. The van der Waals surface area contributed by atoms with Crippen LogP contribution in [0.4, 0.5) is 0 Å². The van der Waals surface area contributed by atoms with Crippen LogP contribution < -0.4 is 14.2 Å². The van der Waals surface area contributed by atoms with Crippen LogP contribution in [-0.2, 0) is 29.2 Å². The molecular formula is C42H49ClN4O8S. The average molecular weight is 805 g/mol. The van der Waals surface area contributed by atoms with Crippen molar-refractivity contribution in [2.24, 2.45) is 22.7 Å². The minimum Gasteiger partial charge on any atom is -0.497 e. The van der Waals surface area contributed by atoms with Gasteiger partial charge in [0, 0.05) is 55.4 Å². The van der Waals surface area contributed by atoms with Gasteiger partial charge in [-0.05, 0) is 42.7 Å². The Bertz CT molecular complexity index is 2170. The number of rotatable bonds is 14. The summed E-state index contributed by atoms with van der Waals surface area (Å²) < 4.78 is 40.1. The molecule has 2 aliphatic carbocycles. The van der Waals surface area contributed by atoms with Crippen molar-refractivity contribution >= 4 is 56.0 Å². The SMILES string of the molecule is C=C[C@@H]1C[C@]1(CC(=O)[C@@H]1C[C@@H](Oc2cc(-c3ccccc3)nc3cc(OC)ccc23)CN1C(=O)[C@@H](CC(=O)N1CC(Cl)C1)C(C)(C)C)C(=O)NS(=O)(=O)C1CC1. The third kappa shape index (κ3) is 8.02. The summed E-state index contributed by atoms with van der Waals surface area (Å²) in [5, 5.41) is -0.0280. The number of allylic oxidation sites excluding steroid dienone is 1. The van der Waals surface area contributed by atoms with E-state index in [0.717, 1.165) is 5.56 Å². The van der Waals surface area contributed by atoms with E-state index in [1.807, 2.05) is 75.4 Å². The van der Waals surface area contributed by atoms with Gasteiger partial charge in [-0.25, -0.2) is 13.4 Å². The van der Waals surface area contributed by atoms with E-state index in [2.05, 4.69) is 11.3 Å². The molecule has 0 bridgehead atoms. The summed E-state index contributed by atoms with van der Waals surface area (Å²) in [6.45, 7) is 10.4. The number of pyridine rings is 1. The zero-order chi connectivity index (χ0) is 40.2. The lowest BCUT2D eigenvalue weighted by molar-refractivity contribution is -0.149. The molecule has 2 saturated heterocycles. The van der Waals surface area contributed by atoms with Gasteiger partial charge in [0.2, 0.25) is 27.7 Å². The lowest BCUT2D eigenvalue weighted by atomic mass is 9.77. The number of amides is 3. The van der Waals surface area contributed by atoms with E-state index in [1.165, 1.54) is 4.90 Å². The summed E-state index contributed by atoms with van der Waals surface area (Å²) >= 11 is 6.17. The van der Waals surface area contributed by atoms with Gasteiger partial charge in [-0.15, -0.1) is 18.2 Å². The minimum absolute atomic E-state index is 0.0459. The first kappa shape index (κ1) is 39.7. The summed E-state index contributed by atoms with van der Waals surface area (Å²) in [6, 6.07) is 16.0. The molecule has 7 rings (SSSR count). The van der Waals surface area contributed by atoms with Gasteiger partial charge in [-0.2, -0.15) is 0 Å². The number of ketones is 1. The van der Waals surface area contributed by atoms with Gasteiger partial charge in [0.15, 0.2) is 5.78 Å². The molecule has 14 heteroatoms. The Morgan fingerprint density at radius 3 is 2.39 bits per heavy atom. The van der Waals surface area contributed by atoms with Gasteiger partial charge in [-0.1, -0.05) is 57.2 Å². The Hall–Kier alpha value is -4.49. The number of alkyl halides is 1. The van der Waals surface area contributed by atoms with Crippen LogP contribution >= 0.6 is 11.6 Å². The monoisotopic (exact) mass is 804 g/mol. The van der Waals surface area contributed by atoms with Crippen LogP contribution in [0.1, 0.15) is 59.3 Å². The number of methoxy groups -OCH3 is 1. The number of hydrogen-bond acceptors (Lipinski definition) is 9. The van der Waals surface area contributed by atoms with Crippen molar-refractivity contribution in [3.63, 3.8) is 0 Å². The van der Waals surface area contributed by atoms with E-state index < -0.39 is 56.0 Å². The summed E-state index contributed by atoms with van der Waals surface area (Å²) in [7, 11) is -2.28. The van der Waals surface area contributed by atoms with E-state index in [9.17, 15) is 27.6 Å². The van der Waals surface area contributed by atoms with Crippen molar-refractivity contribution in [3.05, 3.63) is 67.3 Å². The quantitative estimate of drug-likeness (QED) is 0.164. The standard InChI is InChI=1S/C42H49ClN4O8S/c1-6-26-20-42(26,40(51)45-56(52,53)30-13-14-30)21-36(48)35-17-29(24-47(35)39(50)32(41(2,3)4)18-38(49)46-22-27(43)23-46)55-37-19-33(25-10-8-7-9-11-25)44-34-16-28(54-5)12-15-31(34)37/h6-12,15-16,19,26-27,29-30,32,35H,1,13-14,17-18,20-24H2,2-5H3,(H,45,51)/t26-,29-,32-,35+,42-/m1/s1. The molecular weight excluding hydrogens is 756 g/mol. The molecule has 4 fully saturated rings. The molecule has 0 spiro atoms. The lowest BCUT2D eigenvalue weighted by Crippen LogP contribution is -2.53. The third-order valence-corrected chi connectivity index (χ3v) is 13.8. The second-order valence-electron chi connectivity index (χ2n) is 16.8. The third-order valence-electron chi connectivity index (χ3n) is 11.7. The van der Waals surface area contributed by atoms with Gasteiger partial charge < -0.3 is 19.3 Å². The maximum absolute atomic E-state index is 14.8. The number of halogens is 1. The number of ether oxygens (including phenoxy) is 2.